The van der Waals surface area contributed by atoms with E-state index in [-0.39, 0.29) is 69.7 Å². The molecule has 0 spiro atoms. The van der Waals surface area contributed by atoms with Crippen LogP contribution in [0.4, 0.5) is 29.1 Å². The molecule has 2 fully saturated rings. The summed E-state index contributed by atoms with van der Waals surface area (Å²) in [4.78, 5) is 16.3. The van der Waals surface area contributed by atoms with Gasteiger partial charge in [0.15, 0.2) is 18.4 Å². The first kappa shape index (κ1) is 30.4. The molecule has 2 aromatic carbocycles. The zero-order valence-electron chi connectivity index (χ0n) is 25.5. The smallest absolute Gasteiger partial charge is 0.319 e. The number of rotatable bonds is 8. The first-order chi connectivity index (χ1) is 22.2. The molecule has 0 bridgehead atoms. The molecular weight excluding hydrogens is 598 g/mol. The molecule has 3 aliphatic rings. The van der Waals surface area contributed by atoms with Crippen molar-refractivity contribution in [2.75, 3.05) is 30.7 Å². The number of nitrogens with zero attached hydrogens (tertiary/aromatic N) is 4. The number of nitrogens with two attached hydrogens (primary N) is 1. The number of nitrogens with one attached hydrogen (secondary N) is 2. The average Bonchev–Trinajstić information content (AvgIpc) is 3.57. The van der Waals surface area contributed by atoms with Gasteiger partial charge in [0.25, 0.3) is 0 Å². The highest BCUT2D eigenvalue weighted by Gasteiger charge is 2.45. The summed E-state index contributed by atoms with van der Waals surface area (Å²) in [6.45, 7) is 3.93. The maximum absolute atomic E-state index is 16.8. The van der Waals surface area contributed by atoms with Gasteiger partial charge in [-0.15, -0.1) is 6.42 Å². The molecule has 5 heterocycles. The van der Waals surface area contributed by atoms with Gasteiger partial charge in [-0.25, -0.2) is 22.5 Å². The van der Waals surface area contributed by atoms with Gasteiger partial charge >= 0.3 is 6.01 Å². The maximum atomic E-state index is 16.8. The molecule has 4 aromatic rings. The summed E-state index contributed by atoms with van der Waals surface area (Å²) in [6.07, 6.45) is 6.95. The topological polar surface area (TPSA) is 101 Å². The lowest BCUT2D eigenvalue weighted by Gasteiger charge is -2.31. The van der Waals surface area contributed by atoms with Crippen LogP contribution in [-0.2, 0) is 6.42 Å². The van der Waals surface area contributed by atoms with Crippen LogP contribution in [0.5, 0.6) is 6.01 Å². The van der Waals surface area contributed by atoms with Gasteiger partial charge in [0.1, 0.15) is 29.5 Å². The third-order valence-electron chi connectivity index (χ3n) is 9.68. The second-order valence-electron chi connectivity index (χ2n) is 12.5. The Morgan fingerprint density at radius 2 is 1.93 bits per heavy atom. The lowest BCUT2D eigenvalue weighted by molar-refractivity contribution is 0.108. The molecule has 0 aliphatic carbocycles. The number of nitrogen functional groups attached to an aromatic ring is 1. The molecule has 0 saturated carbocycles. The minimum absolute atomic E-state index is 0.0474. The number of aromatic nitrogens is 3. The van der Waals surface area contributed by atoms with Crippen molar-refractivity contribution in [3.63, 3.8) is 0 Å². The Morgan fingerprint density at radius 1 is 1.15 bits per heavy atom. The third kappa shape index (κ3) is 5.15. The normalized spacial score (nSPS) is 20.2. The highest BCUT2D eigenvalue weighted by atomic mass is 19.2. The number of anilines is 2. The summed E-state index contributed by atoms with van der Waals surface area (Å²) in [7, 11) is 0. The molecule has 8 nitrogen and oxygen atoms in total. The van der Waals surface area contributed by atoms with Crippen molar-refractivity contribution >= 4 is 33.2 Å². The number of halogens is 4. The summed E-state index contributed by atoms with van der Waals surface area (Å²) in [5.41, 5.74) is 6.73. The van der Waals surface area contributed by atoms with Crippen LogP contribution >= 0.6 is 0 Å². The Kier molecular flexibility index (Phi) is 7.85. The molecule has 240 valence electrons. The molecule has 2 aromatic heterocycles. The van der Waals surface area contributed by atoms with Crippen LogP contribution in [0.2, 0.25) is 0 Å². The number of aryl methyl sites for hydroxylation is 1. The van der Waals surface area contributed by atoms with Crippen molar-refractivity contribution in [3.05, 3.63) is 47.2 Å². The highest BCUT2D eigenvalue weighted by molar-refractivity contribution is 6.04. The number of hydrogen-bond donors (Lipinski definition) is 3. The molecule has 4 N–H and O–H groups in total. The summed E-state index contributed by atoms with van der Waals surface area (Å²) < 4.78 is 67.5. The SMILES string of the molecule is C#Cc1c(F)ccc2cc(N)cc(-c3nc4c5c(nc(OCC67CCCN6CCC7)nc5c3F)NC(C(F)NC(F)CC)CC4)c12. The van der Waals surface area contributed by atoms with Gasteiger partial charge in [-0.05, 0) is 81.6 Å². The highest BCUT2D eigenvalue weighted by Crippen LogP contribution is 2.42. The summed E-state index contributed by atoms with van der Waals surface area (Å²) in [5, 5.41) is 6.49. The quantitative estimate of drug-likeness (QED) is 0.0939. The minimum Gasteiger partial charge on any atom is -0.461 e. The molecule has 0 radical (unpaired) electrons. The van der Waals surface area contributed by atoms with E-state index < -0.39 is 30.3 Å². The molecule has 7 rings (SSSR count). The predicted molar refractivity (Wildman–Crippen MR) is 170 cm³/mol. The lowest BCUT2D eigenvalue weighted by Crippen LogP contribution is -2.44. The minimum atomic E-state index is -1.77. The summed E-state index contributed by atoms with van der Waals surface area (Å²) >= 11 is 0. The van der Waals surface area contributed by atoms with Crippen LogP contribution in [0.15, 0.2) is 24.3 Å². The largest absolute Gasteiger partial charge is 0.461 e. The number of ether oxygens (including phenoxy) is 1. The van der Waals surface area contributed by atoms with Gasteiger partial charge in [0.2, 0.25) is 0 Å². The van der Waals surface area contributed by atoms with Crippen molar-refractivity contribution in [1.29, 1.82) is 0 Å². The molecule has 12 heteroatoms. The van der Waals surface area contributed by atoms with Gasteiger partial charge in [0, 0.05) is 16.6 Å². The second-order valence-corrected chi connectivity index (χ2v) is 12.5. The van der Waals surface area contributed by atoms with E-state index in [0.717, 1.165) is 38.8 Å². The Bertz CT molecular complexity index is 1870. The number of pyridine rings is 1. The van der Waals surface area contributed by atoms with E-state index in [1.54, 1.807) is 13.0 Å². The maximum Gasteiger partial charge on any atom is 0.319 e. The Morgan fingerprint density at radius 3 is 2.67 bits per heavy atom. The molecule has 3 unspecified atom stereocenters. The number of benzene rings is 2. The first-order valence-electron chi connectivity index (χ1n) is 15.8. The summed E-state index contributed by atoms with van der Waals surface area (Å²) in [6, 6.07) is 4.92. The Labute approximate surface area is 264 Å². The van der Waals surface area contributed by atoms with Crippen molar-refractivity contribution in [2.45, 2.75) is 76.0 Å². The molecule has 46 heavy (non-hydrogen) atoms. The molecule has 3 aliphatic heterocycles. The third-order valence-corrected chi connectivity index (χ3v) is 9.68. The fourth-order valence-electron chi connectivity index (χ4n) is 7.37. The molecule has 3 atom stereocenters. The zero-order chi connectivity index (χ0) is 32.2. The van der Waals surface area contributed by atoms with Crippen molar-refractivity contribution in [1.82, 2.24) is 25.2 Å². The lowest BCUT2D eigenvalue weighted by atomic mass is 9.95. The zero-order valence-corrected chi connectivity index (χ0v) is 25.5. The fraction of sp³-hybridized carbons (Fsp3) is 0.441. The van der Waals surface area contributed by atoms with Gasteiger partial charge in [-0.3, -0.25) is 10.2 Å². The van der Waals surface area contributed by atoms with Gasteiger partial charge in [-0.1, -0.05) is 18.9 Å². The molecule has 0 amide bonds. The average molecular weight is 634 g/mol. The Balaban J connectivity index is 1.39. The van der Waals surface area contributed by atoms with E-state index in [9.17, 15) is 8.78 Å². The van der Waals surface area contributed by atoms with E-state index in [4.69, 9.17) is 21.9 Å². The monoisotopic (exact) mass is 633 g/mol. The van der Waals surface area contributed by atoms with E-state index in [1.807, 2.05) is 0 Å². The van der Waals surface area contributed by atoms with Gasteiger partial charge < -0.3 is 15.8 Å². The van der Waals surface area contributed by atoms with E-state index >= 15 is 8.78 Å². The van der Waals surface area contributed by atoms with Crippen LogP contribution in [0, 0.1) is 24.0 Å². The van der Waals surface area contributed by atoms with Crippen molar-refractivity contribution < 1.29 is 22.3 Å². The Hall–Kier alpha value is -4.21. The van der Waals surface area contributed by atoms with Gasteiger partial charge in [-0.2, -0.15) is 9.97 Å². The fourth-order valence-corrected chi connectivity index (χ4v) is 7.37. The predicted octanol–water partition coefficient (Wildman–Crippen LogP) is 6.01. The van der Waals surface area contributed by atoms with Crippen LogP contribution in [0.1, 0.15) is 56.7 Å². The first-order valence-corrected chi connectivity index (χ1v) is 15.8. The number of terminal acetylenes is 1. The number of fused-ring (bicyclic) bond motifs is 2. The standard InChI is InChI=1S/C34H35F4N7O/c1-3-20-22(35)8-7-18-15-19(39)16-21(26(18)20)29-28(37)30-27-23(40-29)9-10-24(31(38)42-25(36)4-2)41-32(27)44-33(43-30)46-17-34-11-5-13-45(34)14-6-12-34/h1,7-8,15-16,24-25,31,42H,4-6,9-14,17,39H2,2H3,(H,41,43,44). The molecular formula is C34H35F4N7O. The number of alkyl halides is 2. The van der Waals surface area contributed by atoms with E-state index in [1.165, 1.54) is 18.2 Å². The van der Waals surface area contributed by atoms with E-state index in [2.05, 4.69) is 31.4 Å². The van der Waals surface area contributed by atoms with Crippen LogP contribution < -0.4 is 21.1 Å². The van der Waals surface area contributed by atoms with Crippen LogP contribution in [0.25, 0.3) is 32.9 Å². The van der Waals surface area contributed by atoms with Crippen LogP contribution in [-0.4, -0.2) is 63.7 Å². The van der Waals surface area contributed by atoms with Crippen LogP contribution in [0.3, 0.4) is 0 Å². The van der Waals surface area contributed by atoms with E-state index in [0.29, 0.717) is 23.4 Å². The molecule has 2 saturated heterocycles. The summed E-state index contributed by atoms with van der Waals surface area (Å²) in [5.74, 6) is 1.09. The van der Waals surface area contributed by atoms with Crippen molar-refractivity contribution in [2.24, 2.45) is 0 Å². The second kappa shape index (κ2) is 11.9. The van der Waals surface area contributed by atoms with Gasteiger partial charge in [0.05, 0.1) is 28.2 Å². The number of hydrogen-bond acceptors (Lipinski definition) is 8. The van der Waals surface area contributed by atoms with Crippen molar-refractivity contribution in [3.8, 4) is 29.6 Å².